The van der Waals surface area contributed by atoms with Crippen molar-refractivity contribution in [2.75, 3.05) is 20.3 Å². The van der Waals surface area contributed by atoms with Crippen LogP contribution in [0.1, 0.15) is 22.3 Å². The Morgan fingerprint density at radius 2 is 2.09 bits per heavy atom. The van der Waals surface area contributed by atoms with E-state index in [1.165, 1.54) is 13.2 Å². The van der Waals surface area contributed by atoms with Crippen molar-refractivity contribution in [1.29, 1.82) is 5.26 Å². The third-order valence-electron chi connectivity index (χ3n) is 2.95. The van der Waals surface area contributed by atoms with Crippen molar-refractivity contribution in [3.8, 4) is 6.07 Å². The second-order valence-corrected chi connectivity index (χ2v) is 4.64. The SMILES string of the molecule is COCCCNC(=O)[C@H](C#N)C(=O)c1cccc(C(F)(F)F)c1. The molecule has 0 aromatic heterocycles. The molecule has 0 heterocycles. The summed E-state index contributed by atoms with van der Waals surface area (Å²) < 4.78 is 42.7. The third-order valence-corrected chi connectivity index (χ3v) is 2.95. The van der Waals surface area contributed by atoms with Gasteiger partial charge in [0.25, 0.3) is 0 Å². The van der Waals surface area contributed by atoms with Gasteiger partial charge in [0.15, 0.2) is 11.7 Å². The molecule has 0 aliphatic heterocycles. The van der Waals surface area contributed by atoms with Crippen LogP contribution in [0.5, 0.6) is 0 Å². The van der Waals surface area contributed by atoms with Crippen LogP contribution in [0.4, 0.5) is 13.2 Å². The van der Waals surface area contributed by atoms with Gasteiger partial charge in [0.2, 0.25) is 5.91 Å². The zero-order valence-corrected chi connectivity index (χ0v) is 12.3. The highest BCUT2D eigenvalue weighted by Gasteiger charge is 2.33. The maximum atomic E-state index is 12.6. The van der Waals surface area contributed by atoms with Crippen LogP contribution in [0.25, 0.3) is 0 Å². The summed E-state index contributed by atoms with van der Waals surface area (Å²) in [6, 6.07) is 5.16. The van der Waals surface area contributed by atoms with Gasteiger partial charge in [-0.15, -0.1) is 0 Å². The van der Waals surface area contributed by atoms with Crippen LogP contribution in [-0.4, -0.2) is 32.0 Å². The first-order valence-electron chi connectivity index (χ1n) is 6.69. The Morgan fingerprint density at radius 3 is 2.65 bits per heavy atom. The molecule has 0 saturated carbocycles. The predicted octanol–water partition coefficient (Wildman–Crippen LogP) is 2.18. The van der Waals surface area contributed by atoms with Crippen LogP contribution in [0.2, 0.25) is 0 Å². The summed E-state index contributed by atoms with van der Waals surface area (Å²) in [5, 5.41) is 11.4. The van der Waals surface area contributed by atoms with E-state index in [9.17, 15) is 22.8 Å². The lowest BCUT2D eigenvalue weighted by Gasteiger charge is -2.11. The summed E-state index contributed by atoms with van der Waals surface area (Å²) in [5.41, 5.74) is -1.35. The smallest absolute Gasteiger partial charge is 0.385 e. The Labute approximate surface area is 131 Å². The largest absolute Gasteiger partial charge is 0.416 e. The quantitative estimate of drug-likeness (QED) is 0.473. The van der Waals surface area contributed by atoms with Crippen LogP contribution < -0.4 is 5.32 Å². The topological polar surface area (TPSA) is 79.2 Å². The van der Waals surface area contributed by atoms with Gasteiger partial charge < -0.3 is 10.1 Å². The highest BCUT2D eigenvalue weighted by atomic mass is 19.4. The molecule has 5 nitrogen and oxygen atoms in total. The average Bonchev–Trinajstić information content (AvgIpc) is 2.51. The van der Waals surface area contributed by atoms with Crippen molar-refractivity contribution in [2.24, 2.45) is 5.92 Å². The van der Waals surface area contributed by atoms with Crippen molar-refractivity contribution >= 4 is 11.7 Å². The number of benzene rings is 1. The van der Waals surface area contributed by atoms with Gasteiger partial charge in [-0.3, -0.25) is 9.59 Å². The van der Waals surface area contributed by atoms with E-state index < -0.39 is 29.3 Å². The van der Waals surface area contributed by atoms with Crippen molar-refractivity contribution in [3.63, 3.8) is 0 Å². The summed E-state index contributed by atoms with van der Waals surface area (Å²) in [7, 11) is 1.48. The Morgan fingerprint density at radius 1 is 1.39 bits per heavy atom. The molecule has 0 aliphatic rings. The molecule has 0 unspecified atom stereocenters. The van der Waals surface area contributed by atoms with Crippen LogP contribution in [0.15, 0.2) is 24.3 Å². The second kappa shape index (κ2) is 8.29. The number of ketones is 1. The number of nitrogens with zero attached hydrogens (tertiary/aromatic N) is 1. The first kappa shape index (κ1) is 18.6. The highest BCUT2D eigenvalue weighted by Crippen LogP contribution is 2.30. The Bertz CT molecular complexity index is 609. The fourth-order valence-corrected chi connectivity index (χ4v) is 1.78. The summed E-state index contributed by atoms with van der Waals surface area (Å²) in [4.78, 5) is 23.9. The van der Waals surface area contributed by atoms with Crippen molar-refractivity contribution in [2.45, 2.75) is 12.6 Å². The minimum atomic E-state index is -4.61. The molecule has 1 rings (SSSR count). The number of Topliss-reactive ketones (excluding diaryl/α,β-unsaturated/α-hetero) is 1. The number of hydrogen-bond donors (Lipinski definition) is 1. The van der Waals surface area contributed by atoms with E-state index >= 15 is 0 Å². The molecule has 124 valence electrons. The summed E-state index contributed by atoms with van der Waals surface area (Å²) >= 11 is 0. The second-order valence-electron chi connectivity index (χ2n) is 4.64. The first-order valence-corrected chi connectivity index (χ1v) is 6.69. The summed E-state index contributed by atoms with van der Waals surface area (Å²) in [6.45, 7) is 0.583. The van der Waals surface area contributed by atoms with Gasteiger partial charge in [-0.1, -0.05) is 12.1 Å². The number of halogens is 3. The van der Waals surface area contributed by atoms with E-state index in [0.29, 0.717) is 19.1 Å². The van der Waals surface area contributed by atoms with Crippen molar-refractivity contribution < 1.29 is 27.5 Å². The molecule has 1 N–H and O–H groups in total. The lowest BCUT2D eigenvalue weighted by atomic mass is 9.96. The fourth-order valence-electron chi connectivity index (χ4n) is 1.78. The maximum Gasteiger partial charge on any atom is 0.416 e. The number of methoxy groups -OCH3 is 1. The lowest BCUT2D eigenvalue weighted by Crippen LogP contribution is -2.35. The van der Waals surface area contributed by atoms with E-state index in [2.05, 4.69) is 5.32 Å². The van der Waals surface area contributed by atoms with Crippen molar-refractivity contribution in [3.05, 3.63) is 35.4 Å². The Kier molecular flexibility index (Phi) is 6.72. The molecule has 1 amide bonds. The minimum Gasteiger partial charge on any atom is -0.385 e. The van der Waals surface area contributed by atoms with E-state index in [1.54, 1.807) is 0 Å². The molecule has 0 aliphatic carbocycles. The lowest BCUT2D eigenvalue weighted by molar-refractivity contribution is -0.137. The van der Waals surface area contributed by atoms with Gasteiger partial charge in [0, 0.05) is 25.8 Å². The van der Waals surface area contributed by atoms with Gasteiger partial charge in [0.05, 0.1) is 11.6 Å². The van der Waals surface area contributed by atoms with Gasteiger partial charge in [-0.2, -0.15) is 18.4 Å². The number of nitrogens with one attached hydrogen (secondary N) is 1. The molecule has 1 atom stereocenters. The number of amides is 1. The summed E-state index contributed by atoms with van der Waals surface area (Å²) in [6.07, 6.45) is -4.13. The van der Waals surface area contributed by atoms with Gasteiger partial charge >= 0.3 is 6.18 Å². The molecule has 0 bridgehead atoms. The van der Waals surface area contributed by atoms with Gasteiger partial charge in [-0.25, -0.2) is 0 Å². The van der Waals surface area contributed by atoms with Crippen LogP contribution in [0, 0.1) is 17.2 Å². The molecule has 0 fully saturated rings. The standard InChI is InChI=1S/C15H15F3N2O3/c1-23-7-3-6-20-14(22)12(9-19)13(21)10-4-2-5-11(8-10)15(16,17)18/h2,4-5,8,12H,3,6-7H2,1H3,(H,20,22)/t12-/m1/s1. The normalized spacial score (nSPS) is 12.3. The van der Waals surface area contributed by atoms with Gasteiger partial charge in [-0.05, 0) is 18.6 Å². The minimum absolute atomic E-state index is 0.195. The molecule has 0 spiro atoms. The zero-order chi connectivity index (χ0) is 17.5. The average molecular weight is 328 g/mol. The number of carbonyl (C=O) groups excluding carboxylic acids is 2. The molecular weight excluding hydrogens is 313 g/mol. The number of carbonyl (C=O) groups is 2. The van der Waals surface area contributed by atoms with Crippen LogP contribution in [-0.2, 0) is 15.7 Å². The number of hydrogen-bond acceptors (Lipinski definition) is 4. The van der Waals surface area contributed by atoms with Crippen LogP contribution in [0.3, 0.4) is 0 Å². The molecule has 23 heavy (non-hydrogen) atoms. The van der Waals surface area contributed by atoms with Gasteiger partial charge in [0.1, 0.15) is 0 Å². The molecule has 1 aromatic carbocycles. The number of nitriles is 1. The Hall–Kier alpha value is -2.40. The third kappa shape index (κ3) is 5.38. The number of alkyl halides is 3. The molecule has 0 saturated heterocycles. The van der Waals surface area contributed by atoms with E-state index in [-0.39, 0.29) is 12.1 Å². The zero-order valence-electron chi connectivity index (χ0n) is 12.3. The van der Waals surface area contributed by atoms with E-state index in [0.717, 1.165) is 18.2 Å². The maximum absolute atomic E-state index is 12.6. The summed E-state index contributed by atoms with van der Waals surface area (Å²) in [5.74, 6) is -3.50. The van der Waals surface area contributed by atoms with E-state index in [4.69, 9.17) is 10.00 Å². The predicted molar refractivity (Wildman–Crippen MR) is 74.4 cm³/mol. The molecular formula is C15H15F3N2O3. The molecule has 8 heteroatoms. The number of rotatable bonds is 7. The molecule has 0 radical (unpaired) electrons. The number of ether oxygens (including phenoxy) is 1. The molecule has 1 aromatic rings. The van der Waals surface area contributed by atoms with Crippen LogP contribution >= 0.6 is 0 Å². The highest BCUT2D eigenvalue weighted by molar-refractivity contribution is 6.12. The van der Waals surface area contributed by atoms with E-state index in [1.807, 2.05) is 0 Å². The van der Waals surface area contributed by atoms with Crippen molar-refractivity contribution in [1.82, 2.24) is 5.32 Å². The first-order chi connectivity index (χ1) is 10.8. The fraction of sp³-hybridized carbons (Fsp3) is 0.400. The monoisotopic (exact) mass is 328 g/mol. The Balaban J connectivity index is 2.85.